The van der Waals surface area contributed by atoms with Gasteiger partial charge in [0, 0.05) is 23.7 Å². The van der Waals surface area contributed by atoms with E-state index in [1.54, 1.807) is 18.3 Å². The summed E-state index contributed by atoms with van der Waals surface area (Å²) in [5.74, 6) is -3.21. The maximum absolute atomic E-state index is 14.5. The maximum Gasteiger partial charge on any atom is 0.231 e. The number of halogens is 3. The number of carbonyl (C=O) groups is 1. The summed E-state index contributed by atoms with van der Waals surface area (Å²) < 4.78 is 50.2. The first-order valence-corrected chi connectivity index (χ1v) is 10.2. The lowest BCUT2D eigenvalue weighted by Crippen LogP contribution is -2.18. The number of nitrogens with one attached hydrogen (secondary N) is 1. The Labute approximate surface area is 173 Å². The SMILES string of the molecule is Cc1cnc2ccc(C(=O)c3c(F)c(F)cc(CCCNS(=O)O)c3Cl)cc2c1. The van der Waals surface area contributed by atoms with E-state index >= 15 is 0 Å². The molecule has 0 fully saturated rings. The van der Waals surface area contributed by atoms with Crippen LogP contribution >= 0.6 is 11.6 Å². The molecule has 0 saturated carbocycles. The zero-order valence-electron chi connectivity index (χ0n) is 15.3. The molecule has 0 aliphatic rings. The van der Waals surface area contributed by atoms with Gasteiger partial charge in [0.15, 0.2) is 17.4 Å². The number of hydrogen-bond acceptors (Lipinski definition) is 3. The van der Waals surface area contributed by atoms with Crippen molar-refractivity contribution >= 4 is 39.6 Å². The highest BCUT2D eigenvalue weighted by Gasteiger charge is 2.24. The van der Waals surface area contributed by atoms with Gasteiger partial charge in [-0.1, -0.05) is 11.6 Å². The van der Waals surface area contributed by atoms with E-state index in [1.165, 1.54) is 6.07 Å². The minimum Gasteiger partial charge on any atom is -0.294 e. The number of rotatable bonds is 7. The van der Waals surface area contributed by atoms with Crippen LogP contribution in [0.5, 0.6) is 0 Å². The van der Waals surface area contributed by atoms with Gasteiger partial charge in [0.1, 0.15) is 0 Å². The molecule has 1 aromatic heterocycles. The number of hydrogen-bond donors (Lipinski definition) is 2. The molecule has 5 nitrogen and oxygen atoms in total. The van der Waals surface area contributed by atoms with Crippen molar-refractivity contribution in [3.8, 4) is 0 Å². The summed E-state index contributed by atoms with van der Waals surface area (Å²) in [6.45, 7) is 2.02. The van der Waals surface area contributed by atoms with Crippen molar-refractivity contribution in [1.29, 1.82) is 0 Å². The summed E-state index contributed by atoms with van der Waals surface area (Å²) in [6.07, 6.45) is 2.23. The number of ketones is 1. The van der Waals surface area contributed by atoms with Gasteiger partial charge in [-0.05, 0) is 61.2 Å². The highest BCUT2D eigenvalue weighted by Crippen LogP contribution is 2.30. The number of benzene rings is 2. The van der Waals surface area contributed by atoms with E-state index in [9.17, 15) is 17.8 Å². The molecule has 1 atom stereocenters. The number of aryl methyl sites for hydroxylation is 2. The van der Waals surface area contributed by atoms with Crippen LogP contribution < -0.4 is 4.72 Å². The quantitative estimate of drug-likeness (QED) is 0.248. The van der Waals surface area contributed by atoms with Crippen LogP contribution in [0.3, 0.4) is 0 Å². The molecular formula is C20H17ClF2N2O3S. The van der Waals surface area contributed by atoms with Gasteiger partial charge in [0.2, 0.25) is 11.3 Å². The summed E-state index contributed by atoms with van der Waals surface area (Å²) in [4.78, 5) is 17.2. The molecule has 0 bridgehead atoms. The Bertz CT molecular complexity index is 1120. The third-order valence-corrected chi connectivity index (χ3v) is 5.27. The minimum atomic E-state index is -2.16. The Morgan fingerprint density at radius 1 is 1.28 bits per heavy atom. The van der Waals surface area contributed by atoms with Gasteiger partial charge < -0.3 is 0 Å². The molecule has 0 spiro atoms. The van der Waals surface area contributed by atoms with Crippen molar-refractivity contribution in [2.45, 2.75) is 19.8 Å². The lowest BCUT2D eigenvalue weighted by Gasteiger charge is -2.12. The molecule has 9 heteroatoms. The second-order valence-electron chi connectivity index (χ2n) is 6.52. The van der Waals surface area contributed by atoms with Gasteiger partial charge in [-0.15, -0.1) is 0 Å². The smallest absolute Gasteiger partial charge is 0.231 e. The molecule has 2 aromatic carbocycles. The van der Waals surface area contributed by atoms with Crippen LogP contribution in [-0.2, 0) is 17.7 Å². The van der Waals surface area contributed by atoms with Crippen molar-refractivity contribution < 1.29 is 22.3 Å². The maximum atomic E-state index is 14.5. The summed E-state index contributed by atoms with van der Waals surface area (Å²) in [7, 11) is 0. The first-order valence-electron chi connectivity index (χ1n) is 8.69. The van der Waals surface area contributed by atoms with E-state index < -0.39 is 34.2 Å². The Morgan fingerprint density at radius 3 is 2.76 bits per heavy atom. The van der Waals surface area contributed by atoms with Gasteiger partial charge in [-0.2, -0.15) is 0 Å². The Kier molecular flexibility index (Phi) is 6.69. The van der Waals surface area contributed by atoms with Crippen LogP contribution in [0.1, 0.15) is 33.5 Å². The monoisotopic (exact) mass is 438 g/mol. The van der Waals surface area contributed by atoms with Gasteiger partial charge in [-0.3, -0.25) is 14.3 Å². The summed E-state index contributed by atoms with van der Waals surface area (Å²) in [6, 6.07) is 7.48. The van der Waals surface area contributed by atoms with Crippen LogP contribution in [-0.4, -0.2) is 26.1 Å². The fourth-order valence-corrected chi connectivity index (χ4v) is 3.64. The first kappa shape index (κ1) is 21.4. The molecule has 0 amide bonds. The lowest BCUT2D eigenvalue weighted by atomic mass is 9.97. The van der Waals surface area contributed by atoms with E-state index in [1.807, 2.05) is 13.0 Å². The van der Waals surface area contributed by atoms with E-state index in [4.69, 9.17) is 16.2 Å². The fourth-order valence-electron chi connectivity index (χ4n) is 3.00. The van der Waals surface area contributed by atoms with Gasteiger partial charge in [-0.25, -0.2) is 17.7 Å². The van der Waals surface area contributed by atoms with Crippen LogP contribution in [0.2, 0.25) is 5.02 Å². The van der Waals surface area contributed by atoms with Gasteiger partial charge >= 0.3 is 0 Å². The molecule has 3 rings (SSSR count). The van der Waals surface area contributed by atoms with Crippen molar-refractivity contribution in [3.05, 3.63) is 75.4 Å². The molecule has 29 heavy (non-hydrogen) atoms. The van der Waals surface area contributed by atoms with Crippen LogP contribution in [0, 0.1) is 18.6 Å². The topological polar surface area (TPSA) is 79.3 Å². The third kappa shape index (κ3) is 4.84. The van der Waals surface area contributed by atoms with E-state index in [-0.39, 0.29) is 29.1 Å². The highest BCUT2D eigenvalue weighted by molar-refractivity contribution is 7.77. The number of aromatic nitrogens is 1. The zero-order chi connectivity index (χ0) is 21.1. The first-order chi connectivity index (χ1) is 13.8. The fraction of sp³-hybridized carbons (Fsp3) is 0.200. The van der Waals surface area contributed by atoms with E-state index in [2.05, 4.69) is 9.71 Å². The molecule has 3 aromatic rings. The van der Waals surface area contributed by atoms with Crippen molar-refractivity contribution in [3.63, 3.8) is 0 Å². The molecule has 152 valence electrons. The number of carbonyl (C=O) groups excluding carboxylic acids is 1. The third-order valence-electron chi connectivity index (χ3n) is 4.39. The Morgan fingerprint density at radius 2 is 2.03 bits per heavy atom. The Hall–Kier alpha value is -2.26. The second-order valence-corrected chi connectivity index (χ2v) is 7.68. The predicted molar refractivity (Wildman–Crippen MR) is 108 cm³/mol. The standard InChI is InChI=1S/C20H17ClF2N2O3S/c1-11-7-14-8-13(4-5-16(14)24-10-11)20(26)17-18(21)12(9-15(22)19(17)23)3-2-6-25-29(27)28/h4-5,7-10,25H,2-3,6H2,1H3,(H,27,28). The highest BCUT2D eigenvalue weighted by atomic mass is 35.5. The largest absolute Gasteiger partial charge is 0.294 e. The number of nitrogens with zero attached hydrogens (tertiary/aromatic N) is 1. The Balaban J connectivity index is 1.96. The molecule has 0 aliphatic carbocycles. The van der Waals surface area contributed by atoms with Crippen LogP contribution in [0.4, 0.5) is 8.78 Å². The summed E-state index contributed by atoms with van der Waals surface area (Å²) in [5.41, 5.74) is 1.46. The average molecular weight is 439 g/mol. The number of fused-ring (bicyclic) bond motifs is 1. The number of pyridine rings is 1. The van der Waals surface area contributed by atoms with E-state index in [0.717, 1.165) is 11.6 Å². The molecule has 0 radical (unpaired) electrons. The summed E-state index contributed by atoms with van der Waals surface area (Å²) in [5, 5.41) is 0.536. The zero-order valence-corrected chi connectivity index (χ0v) is 16.9. The normalized spacial score (nSPS) is 12.3. The molecule has 0 aliphatic heterocycles. The van der Waals surface area contributed by atoms with Crippen molar-refractivity contribution in [1.82, 2.24) is 9.71 Å². The summed E-state index contributed by atoms with van der Waals surface area (Å²) >= 11 is 4.08. The molecule has 2 N–H and O–H groups in total. The predicted octanol–water partition coefficient (Wildman–Crippen LogP) is 4.36. The van der Waals surface area contributed by atoms with Gasteiger partial charge in [0.25, 0.3) is 0 Å². The molecule has 1 unspecified atom stereocenters. The van der Waals surface area contributed by atoms with Crippen LogP contribution in [0.15, 0.2) is 36.5 Å². The second kappa shape index (κ2) is 9.04. The average Bonchev–Trinajstić information content (AvgIpc) is 2.68. The molecule has 0 saturated heterocycles. The van der Waals surface area contributed by atoms with Crippen LogP contribution in [0.25, 0.3) is 10.9 Å². The molecular weight excluding hydrogens is 422 g/mol. The molecule has 1 heterocycles. The van der Waals surface area contributed by atoms with Gasteiger partial charge in [0.05, 0.1) is 16.1 Å². The minimum absolute atomic E-state index is 0.165. The van der Waals surface area contributed by atoms with E-state index in [0.29, 0.717) is 17.3 Å². The lowest BCUT2D eigenvalue weighted by molar-refractivity contribution is 0.103. The van der Waals surface area contributed by atoms with Crippen molar-refractivity contribution in [2.24, 2.45) is 0 Å². The van der Waals surface area contributed by atoms with Crippen molar-refractivity contribution in [2.75, 3.05) is 6.54 Å².